The highest BCUT2D eigenvalue weighted by Crippen LogP contribution is 2.39. The van der Waals surface area contributed by atoms with Crippen molar-refractivity contribution < 1.29 is 0 Å². The summed E-state index contributed by atoms with van der Waals surface area (Å²) < 4.78 is 0. The maximum absolute atomic E-state index is 2.30. The molecule has 0 radical (unpaired) electrons. The molecule has 0 amide bonds. The quantitative estimate of drug-likeness (QED) is 0.243. The first-order chi connectivity index (χ1) is 17.9. The maximum Gasteiger partial charge on any atom is 0.0468 e. The van der Waals surface area contributed by atoms with Crippen LogP contribution in [-0.2, 0) is 0 Å². The predicted octanol–water partition coefficient (Wildman–Crippen LogP) is 9.78. The van der Waals surface area contributed by atoms with E-state index in [9.17, 15) is 0 Å². The van der Waals surface area contributed by atoms with E-state index >= 15 is 0 Å². The Hall–Kier alpha value is -4.82. The third kappa shape index (κ3) is 4.33. The molecule has 0 N–H and O–H groups in total. The van der Waals surface area contributed by atoms with Gasteiger partial charge in [-0.2, -0.15) is 0 Å². The van der Waals surface area contributed by atoms with Gasteiger partial charge < -0.3 is 9.80 Å². The fourth-order valence-corrected chi connectivity index (χ4v) is 4.70. The Morgan fingerprint density at radius 2 is 0.556 bits per heavy atom. The van der Waals surface area contributed by atoms with Gasteiger partial charge in [0, 0.05) is 34.1 Å². The van der Waals surface area contributed by atoms with Crippen LogP contribution in [0.4, 0.5) is 34.1 Å². The van der Waals surface area contributed by atoms with E-state index in [2.05, 4.69) is 168 Å². The molecule has 0 atom stereocenters. The smallest absolute Gasteiger partial charge is 0.0468 e. The van der Waals surface area contributed by atoms with E-state index < -0.39 is 0 Å². The minimum Gasteiger partial charge on any atom is -0.310 e. The van der Waals surface area contributed by atoms with E-state index in [1.807, 2.05) is 0 Å². The molecule has 0 aliphatic rings. The molecule has 0 aliphatic carbocycles. The molecule has 0 spiro atoms. The van der Waals surface area contributed by atoms with Gasteiger partial charge in [-0.05, 0) is 83.6 Å². The molecule has 0 saturated carbocycles. The van der Waals surface area contributed by atoms with Crippen LogP contribution in [0.1, 0.15) is 0 Å². The number of hydrogen-bond donors (Lipinski definition) is 0. The van der Waals surface area contributed by atoms with Gasteiger partial charge in [0.25, 0.3) is 0 Å². The molecule has 2 nitrogen and oxygen atoms in total. The lowest BCUT2D eigenvalue weighted by Gasteiger charge is -2.27. The van der Waals surface area contributed by atoms with Crippen LogP contribution in [0.25, 0.3) is 10.8 Å². The van der Waals surface area contributed by atoms with Gasteiger partial charge in [-0.25, -0.2) is 0 Å². The normalized spacial score (nSPS) is 10.8. The van der Waals surface area contributed by atoms with Gasteiger partial charge in [0.15, 0.2) is 0 Å². The summed E-state index contributed by atoms with van der Waals surface area (Å²) in [6.45, 7) is 0. The molecular weight excluding hydrogens is 436 g/mol. The number of benzene rings is 6. The fourth-order valence-electron chi connectivity index (χ4n) is 4.70. The first kappa shape index (κ1) is 21.7. The van der Waals surface area contributed by atoms with Gasteiger partial charge in [-0.3, -0.25) is 0 Å². The van der Waals surface area contributed by atoms with Gasteiger partial charge in [0.05, 0.1) is 0 Å². The Bertz CT molecular complexity index is 1370. The number of para-hydroxylation sites is 4. The summed E-state index contributed by atoms with van der Waals surface area (Å²) in [7, 11) is 0. The van der Waals surface area contributed by atoms with Gasteiger partial charge in [0.1, 0.15) is 0 Å². The Kier molecular flexibility index (Phi) is 5.91. The third-order valence-corrected chi connectivity index (χ3v) is 6.38. The lowest BCUT2D eigenvalue weighted by Crippen LogP contribution is -2.10. The molecule has 0 bridgehead atoms. The van der Waals surface area contributed by atoms with Crippen molar-refractivity contribution in [2.75, 3.05) is 9.80 Å². The number of hydrogen-bond acceptors (Lipinski definition) is 2. The number of rotatable bonds is 6. The second-order valence-corrected chi connectivity index (χ2v) is 8.73. The van der Waals surface area contributed by atoms with Crippen molar-refractivity contribution in [3.8, 4) is 0 Å². The van der Waals surface area contributed by atoms with Crippen molar-refractivity contribution in [2.24, 2.45) is 0 Å². The molecule has 172 valence electrons. The van der Waals surface area contributed by atoms with Crippen LogP contribution in [0.5, 0.6) is 0 Å². The Labute approximate surface area is 212 Å². The number of fused-ring (bicyclic) bond motifs is 1. The first-order valence-corrected chi connectivity index (χ1v) is 12.2. The summed E-state index contributed by atoms with van der Waals surface area (Å²) in [5.74, 6) is 0. The maximum atomic E-state index is 2.30. The lowest BCUT2D eigenvalue weighted by atomic mass is 10.1. The molecule has 2 heteroatoms. The molecule has 0 saturated heterocycles. The molecule has 0 unspecified atom stereocenters. The molecule has 6 rings (SSSR count). The van der Waals surface area contributed by atoms with Crippen molar-refractivity contribution in [1.82, 2.24) is 0 Å². The summed E-state index contributed by atoms with van der Waals surface area (Å²) in [4.78, 5) is 4.61. The molecule has 36 heavy (non-hydrogen) atoms. The van der Waals surface area contributed by atoms with E-state index in [4.69, 9.17) is 0 Å². The van der Waals surface area contributed by atoms with Crippen LogP contribution in [0.15, 0.2) is 158 Å². The Balaban J connectivity index is 1.49. The minimum atomic E-state index is 1.13. The van der Waals surface area contributed by atoms with Crippen LogP contribution < -0.4 is 9.80 Å². The van der Waals surface area contributed by atoms with Gasteiger partial charge in [-0.1, -0.05) is 84.9 Å². The fraction of sp³-hybridized carbons (Fsp3) is 0. The second kappa shape index (κ2) is 9.81. The number of nitrogens with zero attached hydrogens (tertiary/aromatic N) is 2. The Morgan fingerprint density at radius 3 is 0.861 bits per heavy atom. The summed E-state index contributed by atoms with van der Waals surface area (Å²) in [6, 6.07) is 55.5. The minimum absolute atomic E-state index is 1.13. The van der Waals surface area contributed by atoms with Gasteiger partial charge >= 0.3 is 0 Å². The van der Waals surface area contributed by atoms with Crippen molar-refractivity contribution in [1.29, 1.82) is 0 Å². The zero-order valence-electron chi connectivity index (χ0n) is 19.9. The van der Waals surface area contributed by atoms with E-state index in [-0.39, 0.29) is 0 Å². The third-order valence-electron chi connectivity index (χ3n) is 6.38. The molecule has 0 fully saturated rings. The van der Waals surface area contributed by atoms with Crippen LogP contribution in [0.3, 0.4) is 0 Å². The van der Waals surface area contributed by atoms with Crippen molar-refractivity contribution >= 4 is 44.9 Å². The largest absolute Gasteiger partial charge is 0.310 e. The topological polar surface area (TPSA) is 6.48 Å². The number of anilines is 6. The van der Waals surface area contributed by atoms with Crippen LogP contribution in [0, 0.1) is 0 Å². The summed E-state index contributed by atoms with van der Waals surface area (Å²) in [5, 5.41) is 2.41. The van der Waals surface area contributed by atoms with Crippen molar-refractivity contribution in [3.05, 3.63) is 158 Å². The van der Waals surface area contributed by atoms with E-state index in [1.54, 1.807) is 0 Å². The van der Waals surface area contributed by atoms with E-state index in [0.717, 1.165) is 34.1 Å². The molecular formula is C34H26N2. The zero-order chi connectivity index (χ0) is 24.2. The van der Waals surface area contributed by atoms with Crippen molar-refractivity contribution in [2.45, 2.75) is 0 Å². The molecule has 6 aromatic carbocycles. The highest BCUT2D eigenvalue weighted by atomic mass is 15.1. The molecule has 0 aromatic heterocycles. The second-order valence-electron chi connectivity index (χ2n) is 8.73. The average molecular weight is 463 g/mol. The SMILES string of the molecule is c1ccc(N(c2ccccc2)c2ccc3ccc(N(c4ccccc4)c4ccccc4)cc3c2)cc1. The van der Waals surface area contributed by atoms with Gasteiger partial charge in [-0.15, -0.1) is 0 Å². The molecule has 0 heterocycles. The van der Waals surface area contributed by atoms with E-state index in [0.29, 0.717) is 0 Å². The lowest BCUT2D eigenvalue weighted by molar-refractivity contribution is 1.28. The predicted molar refractivity (Wildman–Crippen MR) is 153 cm³/mol. The first-order valence-electron chi connectivity index (χ1n) is 12.2. The summed E-state index contributed by atoms with van der Waals surface area (Å²) in [6.07, 6.45) is 0. The van der Waals surface area contributed by atoms with Gasteiger partial charge in [0.2, 0.25) is 0 Å². The van der Waals surface area contributed by atoms with Crippen LogP contribution in [-0.4, -0.2) is 0 Å². The Morgan fingerprint density at radius 1 is 0.250 bits per heavy atom. The molecule has 6 aromatic rings. The summed E-state index contributed by atoms with van der Waals surface area (Å²) in [5.41, 5.74) is 6.79. The van der Waals surface area contributed by atoms with Crippen LogP contribution >= 0.6 is 0 Å². The highest BCUT2D eigenvalue weighted by molar-refractivity contribution is 5.93. The average Bonchev–Trinajstić information content (AvgIpc) is 2.96. The van der Waals surface area contributed by atoms with Crippen molar-refractivity contribution in [3.63, 3.8) is 0 Å². The highest BCUT2D eigenvalue weighted by Gasteiger charge is 2.15. The standard InChI is InChI=1S/C34H26N2/c1-5-13-29(14-6-1)35(30-15-7-2-8-16-30)33-23-21-27-22-24-34(26-28(27)25-33)36(31-17-9-3-10-18-31)32-19-11-4-12-20-32/h1-26H. The zero-order valence-corrected chi connectivity index (χ0v) is 19.9. The monoisotopic (exact) mass is 462 g/mol. The van der Waals surface area contributed by atoms with E-state index in [1.165, 1.54) is 10.8 Å². The molecule has 0 aliphatic heterocycles. The van der Waals surface area contributed by atoms with Crippen LogP contribution in [0.2, 0.25) is 0 Å². The summed E-state index contributed by atoms with van der Waals surface area (Å²) >= 11 is 0.